The van der Waals surface area contributed by atoms with Gasteiger partial charge in [-0.3, -0.25) is 9.59 Å². The molecule has 0 aromatic rings. The van der Waals surface area contributed by atoms with Gasteiger partial charge in [0.25, 0.3) is 0 Å². The zero-order valence-corrected chi connectivity index (χ0v) is 8.25. The van der Waals surface area contributed by atoms with Gasteiger partial charge in [-0.1, -0.05) is 6.92 Å². The van der Waals surface area contributed by atoms with Gasteiger partial charge in [-0.25, -0.2) is 4.79 Å². The Kier molecular flexibility index (Phi) is 6.09. The van der Waals surface area contributed by atoms with Crippen LogP contribution in [0.5, 0.6) is 0 Å². The molecule has 0 saturated heterocycles. The first-order valence-electron chi connectivity index (χ1n) is 4.24. The molecule has 0 rings (SSSR count). The molecule has 0 unspecified atom stereocenters. The van der Waals surface area contributed by atoms with Crippen molar-refractivity contribution >= 4 is 17.8 Å². The van der Waals surface area contributed by atoms with Gasteiger partial charge in [0.15, 0.2) is 0 Å². The Morgan fingerprint density at radius 2 is 1.86 bits per heavy atom. The summed E-state index contributed by atoms with van der Waals surface area (Å²) in [6.07, 6.45) is 0.816. The molecule has 0 aromatic carbocycles. The lowest BCUT2D eigenvalue weighted by Gasteiger charge is -2.04. The van der Waals surface area contributed by atoms with E-state index >= 15 is 0 Å². The van der Waals surface area contributed by atoms with Gasteiger partial charge in [-0.2, -0.15) is 0 Å². The molecule has 0 radical (unpaired) electrons. The number of hydrogen-bond acceptors (Lipinski definition) is 4. The van der Waals surface area contributed by atoms with Gasteiger partial charge in [0.2, 0.25) is 5.91 Å². The van der Waals surface area contributed by atoms with Gasteiger partial charge in [0, 0.05) is 6.54 Å². The summed E-state index contributed by atoms with van der Waals surface area (Å²) in [6, 6.07) is 0. The highest BCUT2D eigenvalue weighted by atomic mass is 16.5. The van der Waals surface area contributed by atoms with E-state index in [1.165, 1.54) is 0 Å². The Balaban J connectivity index is 3.66. The lowest BCUT2D eigenvalue weighted by Crippen LogP contribution is -2.40. The van der Waals surface area contributed by atoms with Crippen LogP contribution in [0.1, 0.15) is 13.3 Å². The van der Waals surface area contributed by atoms with Crippen molar-refractivity contribution in [3.05, 3.63) is 0 Å². The molecule has 2 amide bonds. The van der Waals surface area contributed by atoms with Crippen LogP contribution in [0.4, 0.5) is 0 Å². The molecular formula is C8H14N2O4. The van der Waals surface area contributed by atoms with E-state index in [1.807, 2.05) is 6.92 Å². The third-order valence-electron chi connectivity index (χ3n) is 1.35. The van der Waals surface area contributed by atoms with Gasteiger partial charge in [-0.05, 0) is 6.42 Å². The molecule has 0 spiro atoms. The lowest BCUT2D eigenvalue weighted by molar-refractivity contribution is -0.152. The highest BCUT2D eigenvalue weighted by Crippen LogP contribution is 1.75. The van der Waals surface area contributed by atoms with Crippen molar-refractivity contribution in [2.24, 2.45) is 0 Å². The Morgan fingerprint density at radius 1 is 1.21 bits per heavy atom. The minimum atomic E-state index is -1.01. The molecule has 0 bridgehead atoms. The van der Waals surface area contributed by atoms with E-state index < -0.39 is 11.9 Å². The van der Waals surface area contributed by atoms with Crippen LogP contribution < -0.4 is 10.6 Å². The average Bonchev–Trinajstić information content (AvgIpc) is 2.21. The first-order valence-corrected chi connectivity index (χ1v) is 4.24. The van der Waals surface area contributed by atoms with Crippen molar-refractivity contribution < 1.29 is 19.1 Å². The molecule has 0 aliphatic heterocycles. The number of carbonyl (C=O) groups excluding carboxylic acids is 3. The summed E-state index contributed by atoms with van der Waals surface area (Å²) in [7, 11) is 1.10. The Hall–Kier alpha value is -1.59. The predicted molar refractivity (Wildman–Crippen MR) is 48.3 cm³/mol. The maximum atomic E-state index is 10.9. The fourth-order valence-corrected chi connectivity index (χ4v) is 0.652. The van der Waals surface area contributed by atoms with Gasteiger partial charge >= 0.3 is 11.9 Å². The van der Waals surface area contributed by atoms with Crippen LogP contribution in [0, 0.1) is 0 Å². The van der Waals surface area contributed by atoms with Crippen molar-refractivity contribution in [2.75, 3.05) is 20.2 Å². The zero-order valence-electron chi connectivity index (χ0n) is 8.25. The van der Waals surface area contributed by atoms with Crippen molar-refractivity contribution in [3.8, 4) is 0 Å². The number of hydrogen-bond donors (Lipinski definition) is 2. The Labute approximate surface area is 82.0 Å². The fourth-order valence-electron chi connectivity index (χ4n) is 0.652. The maximum absolute atomic E-state index is 10.9. The number of methoxy groups -OCH3 is 1. The summed E-state index contributed by atoms with van der Waals surface area (Å²) >= 11 is 0. The molecule has 0 atom stereocenters. The van der Waals surface area contributed by atoms with Crippen LogP contribution in [0.25, 0.3) is 0 Å². The summed E-state index contributed by atoms with van der Waals surface area (Å²) in [5, 5.41) is 4.66. The number of carbonyl (C=O) groups is 3. The molecule has 0 saturated carbocycles. The minimum Gasteiger partial charge on any atom is -0.462 e. The van der Waals surface area contributed by atoms with Crippen LogP contribution in [-0.4, -0.2) is 38.0 Å². The Bertz CT molecular complexity index is 227. The molecule has 6 nitrogen and oxygen atoms in total. The van der Waals surface area contributed by atoms with Crippen molar-refractivity contribution in [1.29, 1.82) is 0 Å². The summed E-state index contributed by atoms with van der Waals surface area (Å²) < 4.78 is 4.14. The molecule has 0 aromatic heterocycles. The highest BCUT2D eigenvalue weighted by molar-refractivity contribution is 6.32. The van der Waals surface area contributed by atoms with E-state index in [-0.39, 0.29) is 12.5 Å². The van der Waals surface area contributed by atoms with E-state index in [1.54, 1.807) is 0 Å². The summed E-state index contributed by atoms with van der Waals surface area (Å²) in [5.74, 6) is -2.25. The molecule has 80 valence electrons. The van der Waals surface area contributed by atoms with Crippen LogP contribution in [0.15, 0.2) is 0 Å². The molecule has 6 heteroatoms. The van der Waals surface area contributed by atoms with Crippen molar-refractivity contribution in [3.63, 3.8) is 0 Å². The van der Waals surface area contributed by atoms with Crippen molar-refractivity contribution in [1.82, 2.24) is 10.6 Å². The number of amides is 2. The second-order valence-electron chi connectivity index (χ2n) is 2.52. The van der Waals surface area contributed by atoms with E-state index in [0.717, 1.165) is 13.5 Å². The third-order valence-corrected chi connectivity index (χ3v) is 1.35. The molecule has 2 N–H and O–H groups in total. The molecule has 14 heavy (non-hydrogen) atoms. The standard InChI is InChI=1S/C8H14N2O4/c1-3-4-9-6(11)5-10-7(12)8(13)14-2/h3-5H2,1-2H3,(H,9,11)(H,10,12). The number of nitrogens with one attached hydrogen (secondary N) is 2. The van der Waals surface area contributed by atoms with Crippen LogP contribution >= 0.6 is 0 Å². The van der Waals surface area contributed by atoms with E-state index in [4.69, 9.17) is 0 Å². The number of ether oxygens (including phenoxy) is 1. The normalized spacial score (nSPS) is 9.00. The van der Waals surface area contributed by atoms with Gasteiger partial charge in [0.05, 0.1) is 13.7 Å². The monoisotopic (exact) mass is 202 g/mol. The average molecular weight is 202 g/mol. The maximum Gasteiger partial charge on any atom is 0.396 e. The smallest absolute Gasteiger partial charge is 0.396 e. The third kappa shape index (κ3) is 5.13. The largest absolute Gasteiger partial charge is 0.462 e. The van der Waals surface area contributed by atoms with Crippen LogP contribution in [0.2, 0.25) is 0 Å². The predicted octanol–water partition coefficient (Wildman–Crippen LogP) is -1.20. The number of esters is 1. The first kappa shape index (κ1) is 12.4. The van der Waals surface area contributed by atoms with E-state index in [2.05, 4.69) is 15.4 Å². The minimum absolute atomic E-state index is 0.214. The molecule has 0 heterocycles. The molecule has 0 aliphatic rings. The number of rotatable bonds is 4. The molecule has 0 fully saturated rings. The Morgan fingerprint density at radius 3 is 2.36 bits per heavy atom. The lowest BCUT2D eigenvalue weighted by atomic mass is 10.4. The zero-order chi connectivity index (χ0) is 11.0. The first-order chi connectivity index (χ1) is 6.61. The summed E-state index contributed by atoms with van der Waals surface area (Å²) in [5.41, 5.74) is 0. The summed E-state index contributed by atoms with van der Waals surface area (Å²) in [4.78, 5) is 32.3. The fraction of sp³-hybridized carbons (Fsp3) is 0.625. The van der Waals surface area contributed by atoms with Gasteiger partial charge in [0.1, 0.15) is 0 Å². The van der Waals surface area contributed by atoms with Crippen LogP contribution in [-0.2, 0) is 19.1 Å². The second-order valence-corrected chi connectivity index (χ2v) is 2.52. The van der Waals surface area contributed by atoms with Crippen LogP contribution in [0.3, 0.4) is 0 Å². The van der Waals surface area contributed by atoms with E-state index in [0.29, 0.717) is 6.54 Å². The molecular weight excluding hydrogens is 188 g/mol. The summed E-state index contributed by atoms with van der Waals surface area (Å²) in [6.45, 7) is 2.24. The second kappa shape index (κ2) is 6.88. The topological polar surface area (TPSA) is 84.5 Å². The van der Waals surface area contributed by atoms with E-state index in [9.17, 15) is 14.4 Å². The van der Waals surface area contributed by atoms with Crippen molar-refractivity contribution in [2.45, 2.75) is 13.3 Å². The molecule has 0 aliphatic carbocycles. The van der Waals surface area contributed by atoms with Gasteiger partial charge in [-0.15, -0.1) is 0 Å². The van der Waals surface area contributed by atoms with Gasteiger partial charge < -0.3 is 15.4 Å². The SMILES string of the molecule is CCCNC(=O)CNC(=O)C(=O)OC. The highest BCUT2D eigenvalue weighted by Gasteiger charge is 2.13. The quantitative estimate of drug-likeness (QED) is 0.443.